The highest BCUT2D eigenvalue weighted by atomic mass is 16.1. The summed E-state index contributed by atoms with van der Waals surface area (Å²) >= 11 is 0. The van der Waals surface area contributed by atoms with Gasteiger partial charge in [-0.3, -0.25) is 4.79 Å². The molecule has 5 nitrogen and oxygen atoms in total. The molecule has 0 bridgehead atoms. The van der Waals surface area contributed by atoms with Gasteiger partial charge in [0.1, 0.15) is 5.69 Å². The van der Waals surface area contributed by atoms with Crippen LogP contribution in [0.15, 0.2) is 12.3 Å². The van der Waals surface area contributed by atoms with Crippen LogP contribution >= 0.6 is 0 Å². The number of carbonyl (C=O) groups is 1. The summed E-state index contributed by atoms with van der Waals surface area (Å²) in [5.41, 5.74) is 6.91. The number of aryl methyl sites for hydroxylation is 1. The average molecular weight is 250 g/mol. The van der Waals surface area contributed by atoms with Gasteiger partial charge in [-0.05, 0) is 32.5 Å². The number of aromatic nitrogens is 1. The molecule has 1 fully saturated rings. The van der Waals surface area contributed by atoms with Crippen LogP contribution in [0.5, 0.6) is 0 Å². The number of hydrogen-bond acceptors (Lipinski definition) is 3. The SMILES string of the molecule is CN1CCCCC1CNC(=O)c1cc(N)cn1C. The third-order valence-corrected chi connectivity index (χ3v) is 3.68. The number of likely N-dealkylation sites (N-methyl/N-ethyl adjacent to an activating group) is 1. The number of anilines is 1. The van der Waals surface area contributed by atoms with Crippen molar-refractivity contribution in [2.45, 2.75) is 25.3 Å². The molecule has 1 saturated heterocycles. The third-order valence-electron chi connectivity index (χ3n) is 3.68. The van der Waals surface area contributed by atoms with E-state index < -0.39 is 0 Å². The average Bonchev–Trinajstić information content (AvgIpc) is 2.67. The number of piperidine rings is 1. The van der Waals surface area contributed by atoms with Gasteiger partial charge in [0.05, 0.1) is 5.69 Å². The number of nitrogen functional groups attached to an aromatic ring is 1. The first-order chi connectivity index (χ1) is 8.58. The van der Waals surface area contributed by atoms with Gasteiger partial charge in [0.15, 0.2) is 0 Å². The molecular weight excluding hydrogens is 228 g/mol. The minimum atomic E-state index is -0.0480. The summed E-state index contributed by atoms with van der Waals surface area (Å²) in [5.74, 6) is -0.0480. The minimum absolute atomic E-state index is 0.0480. The van der Waals surface area contributed by atoms with Crippen LogP contribution in [0.3, 0.4) is 0 Å². The number of hydrogen-bond donors (Lipinski definition) is 2. The van der Waals surface area contributed by atoms with Crippen molar-refractivity contribution >= 4 is 11.6 Å². The second-order valence-electron chi connectivity index (χ2n) is 5.11. The molecule has 1 unspecified atom stereocenters. The van der Waals surface area contributed by atoms with Crippen LogP contribution in [0.1, 0.15) is 29.8 Å². The molecular formula is C13H22N4O. The lowest BCUT2D eigenvalue weighted by Gasteiger charge is -2.32. The summed E-state index contributed by atoms with van der Waals surface area (Å²) in [6.45, 7) is 1.83. The van der Waals surface area contributed by atoms with E-state index in [0.29, 0.717) is 24.0 Å². The van der Waals surface area contributed by atoms with Gasteiger partial charge < -0.3 is 20.5 Å². The summed E-state index contributed by atoms with van der Waals surface area (Å²) in [5, 5.41) is 3.00. The molecule has 1 aromatic rings. The van der Waals surface area contributed by atoms with Gasteiger partial charge in [-0.15, -0.1) is 0 Å². The molecule has 2 heterocycles. The molecule has 2 rings (SSSR count). The fraction of sp³-hybridized carbons (Fsp3) is 0.615. The number of likely N-dealkylation sites (tertiary alicyclic amines) is 1. The van der Waals surface area contributed by atoms with E-state index in [2.05, 4.69) is 17.3 Å². The Hall–Kier alpha value is -1.49. The molecule has 0 aromatic carbocycles. The van der Waals surface area contributed by atoms with Gasteiger partial charge in [0.2, 0.25) is 0 Å². The summed E-state index contributed by atoms with van der Waals surface area (Å²) in [7, 11) is 3.95. The maximum Gasteiger partial charge on any atom is 0.268 e. The van der Waals surface area contributed by atoms with E-state index in [1.165, 1.54) is 12.8 Å². The zero-order valence-corrected chi connectivity index (χ0v) is 11.1. The highest BCUT2D eigenvalue weighted by Crippen LogP contribution is 2.14. The molecule has 0 radical (unpaired) electrons. The van der Waals surface area contributed by atoms with Crippen molar-refractivity contribution in [3.05, 3.63) is 18.0 Å². The normalized spacial score (nSPS) is 20.9. The number of nitrogens with zero attached hydrogens (tertiary/aromatic N) is 2. The molecule has 1 aliphatic heterocycles. The largest absolute Gasteiger partial charge is 0.397 e. The van der Waals surface area contributed by atoms with Gasteiger partial charge >= 0.3 is 0 Å². The van der Waals surface area contributed by atoms with Crippen LogP contribution in [-0.2, 0) is 7.05 Å². The van der Waals surface area contributed by atoms with E-state index in [9.17, 15) is 4.79 Å². The summed E-state index contributed by atoms with van der Waals surface area (Å²) < 4.78 is 1.76. The molecule has 1 aromatic heterocycles. The number of amides is 1. The van der Waals surface area contributed by atoms with Crippen LogP contribution in [0.4, 0.5) is 5.69 Å². The standard InChI is InChI=1S/C13H22N4O/c1-16-6-4-3-5-11(16)8-15-13(18)12-7-10(14)9-17(12)2/h7,9,11H,3-6,8,14H2,1-2H3,(H,15,18). The van der Waals surface area contributed by atoms with Crippen molar-refractivity contribution in [3.8, 4) is 0 Å². The molecule has 0 saturated carbocycles. The van der Waals surface area contributed by atoms with Crippen LogP contribution < -0.4 is 11.1 Å². The van der Waals surface area contributed by atoms with Crippen LogP contribution in [0.25, 0.3) is 0 Å². The molecule has 1 aliphatic rings. The summed E-state index contributed by atoms with van der Waals surface area (Å²) in [6, 6.07) is 2.17. The Balaban J connectivity index is 1.90. The summed E-state index contributed by atoms with van der Waals surface area (Å²) in [4.78, 5) is 14.3. The van der Waals surface area contributed by atoms with Crippen LogP contribution in [0.2, 0.25) is 0 Å². The maximum absolute atomic E-state index is 12.0. The van der Waals surface area contributed by atoms with Crippen LogP contribution in [-0.4, -0.2) is 41.6 Å². The topological polar surface area (TPSA) is 63.3 Å². The van der Waals surface area contributed by atoms with Gasteiger partial charge in [-0.2, -0.15) is 0 Å². The monoisotopic (exact) mass is 250 g/mol. The highest BCUT2D eigenvalue weighted by Gasteiger charge is 2.20. The second-order valence-corrected chi connectivity index (χ2v) is 5.11. The van der Waals surface area contributed by atoms with E-state index >= 15 is 0 Å². The lowest BCUT2D eigenvalue weighted by atomic mass is 10.0. The van der Waals surface area contributed by atoms with Crippen LogP contribution in [0, 0.1) is 0 Å². The molecule has 0 aliphatic carbocycles. The highest BCUT2D eigenvalue weighted by molar-refractivity contribution is 5.93. The Labute approximate surface area is 108 Å². The van der Waals surface area contributed by atoms with Crippen molar-refractivity contribution in [2.75, 3.05) is 25.9 Å². The molecule has 0 spiro atoms. The first-order valence-corrected chi connectivity index (χ1v) is 6.48. The van der Waals surface area contributed by atoms with E-state index in [1.807, 2.05) is 7.05 Å². The Bertz CT molecular complexity index is 427. The third kappa shape index (κ3) is 2.85. The van der Waals surface area contributed by atoms with E-state index in [1.54, 1.807) is 16.8 Å². The van der Waals surface area contributed by atoms with Gasteiger partial charge in [-0.25, -0.2) is 0 Å². The number of carbonyl (C=O) groups excluding carboxylic acids is 1. The number of rotatable bonds is 3. The Kier molecular flexibility index (Phi) is 3.91. The number of nitrogens with one attached hydrogen (secondary N) is 1. The Morgan fingerprint density at radius 1 is 1.50 bits per heavy atom. The first kappa shape index (κ1) is 13.0. The Morgan fingerprint density at radius 2 is 2.28 bits per heavy atom. The number of nitrogens with two attached hydrogens (primary N) is 1. The zero-order valence-electron chi connectivity index (χ0n) is 11.1. The molecule has 1 atom stereocenters. The van der Waals surface area contributed by atoms with Crippen molar-refractivity contribution in [2.24, 2.45) is 7.05 Å². The van der Waals surface area contributed by atoms with Crippen molar-refractivity contribution < 1.29 is 4.79 Å². The maximum atomic E-state index is 12.0. The zero-order chi connectivity index (χ0) is 13.1. The fourth-order valence-electron chi connectivity index (χ4n) is 2.52. The lowest BCUT2D eigenvalue weighted by molar-refractivity contribution is 0.0920. The molecule has 5 heteroatoms. The predicted octanol–water partition coefficient (Wildman–Crippen LogP) is 0.821. The van der Waals surface area contributed by atoms with Gasteiger partial charge in [-0.1, -0.05) is 6.42 Å². The molecule has 100 valence electrons. The fourth-order valence-corrected chi connectivity index (χ4v) is 2.52. The van der Waals surface area contributed by atoms with Crippen molar-refractivity contribution in [3.63, 3.8) is 0 Å². The molecule has 18 heavy (non-hydrogen) atoms. The van der Waals surface area contributed by atoms with Gasteiger partial charge in [0, 0.05) is 25.8 Å². The smallest absolute Gasteiger partial charge is 0.268 e. The first-order valence-electron chi connectivity index (χ1n) is 6.48. The van der Waals surface area contributed by atoms with Crippen molar-refractivity contribution in [1.29, 1.82) is 0 Å². The molecule has 1 amide bonds. The van der Waals surface area contributed by atoms with Crippen molar-refractivity contribution in [1.82, 2.24) is 14.8 Å². The second kappa shape index (κ2) is 5.44. The minimum Gasteiger partial charge on any atom is -0.397 e. The Morgan fingerprint density at radius 3 is 2.89 bits per heavy atom. The van der Waals surface area contributed by atoms with Gasteiger partial charge in [0.25, 0.3) is 5.91 Å². The van der Waals surface area contributed by atoms with E-state index in [4.69, 9.17) is 5.73 Å². The van der Waals surface area contributed by atoms with E-state index in [0.717, 1.165) is 13.0 Å². The summed E-state index contributed by atoms with van der Waals surface area (Å²) in [6.07, 6.45) is 5.42. The quantitative estimate of drug-likeness (QED) is 0.835. The molecule has 3 N–H and O–H groups in total. The predicted molar refractivity (Wildman–Crippen MR) is 72.4 cm³/mol. The lowest BCUT2D eigenvalue weighted by Crippen LogP contribution is -2.44. The van der Waals surface area contributed by atoms with E-state index in [-0.39, 0.29) is 5.91 Å².